The smallest absolute Gasteiger partial charge is 0.313 e. The third-order valence-corrected chi connectivity index (χ3v) is 2.79. The number of rotatable bonds is 3. The summed E-state index contributed by atoms with van der Waals surface area (Å²) in [7, 11) is 0. The summed E-state index contributed by atoms with van der Waals surface area (Å²) >= 11 is 5.79. The summed E-state index contributed by atoms with van der Waals surface area (Å²) in [5.41, 5.74) is 0.398. The Hall–Kier alpha value is -2.78. The van der Waals surface area contributed by atoms with E-state index in [1.807, 2.05) is 6.07 Å². The predicted molar refractivity (Wildman–Crippen MR) is 75.4 cm³/mol. The fourth-order valence-corrected chi connectivity index (χ4v) is 1.73. The van der Waals surface area contributed by atoms with Gasteiger partial charge in [0.2, 0.25) is 0 Å². The summed E-state index contributed by atoms with van der Waals surface area (Å²) in [6, 6.07) is 9.62. The van der Waals surface area contributed by atoms with Crippen LogP contribution in [0.5, 0.6) is 0 Å². The van der Waals surface area contributed by atoms with Crippen molar-refractivity contribution in [1.29, 1.82) is 5.26 Å². The standard InChI is InChI=1S/C14H10ClN3O3/c15-10-4-3-9(7-16)12(6-10)18-14(20)13(19)17-8-11-2-1-5-21-11/h1-6H,8H2,(H,17,19)(H,18,20). The molecular formula is C14H10ClN3O3. The first-order valence-corrected chi connectivity index (χ1v) is 6.29. The molecule has 0 bridgehead atoms. The minimum Gasteiger partial charge on any atom is -0.467 e. The quantitative estimate of drug-likeness (QED) is 0.848. The van der Waals surface area contributed by atoms with Gasteiger partial charge in [0.25, 0.3) is 0 Å². The van der Waals surface area contributed by atoms with Crippen LogP contribution in [0.1, 0.15) is 11.3 Å². The van der Waals surface area contributed by atoms with Gasteiger partial charge in [-0.3, -0.25) is 9.59 Å². The molecule has 0 aliphatic rings. The lowest BCUT2D eigenvalue weighted by atomic mass is 10.2. The molecule has 0 aliphatic carbocycles. The van der Waals surface area contributed by atoms with Crippen molar-refractivity contribution in [3.05, 3.63) is 52.9 Å². The van der Waals surface area contributed by atoms with Gasteiger partial charge in [0.05, 0.1) is 24.1 Å². The fourth-order valence-electron chi connectivity index (χ4n) is 1.56. The lowest BCUT2D eigenvalue weighted by Crippen LogP contribution is -2.35. The number of hydrogen-bond donors (Lipinski definition) is 2. The molecule has 21 heavy (non-hydrogen) atoms. The zero-order chi connectivity index (χ0) is 15.2. The Morgan fingerprint density at radius 1 is 1.29 bits per heavy atom. The number of amides is 2. The first-order valence-electron chi connectivity index (χ1n) is 5.91. The summed E-state index contributed by atoms with van der Waals surface area (Å²) in [5.74, 6) is -1.20. The van der Waals surface area contributed by atoms with Gasteiger partial charge in [-0.15, -0.1) is 0 Å². The van der Waals surface area contributed by atoms with Gasteiger partial charge in [0.1, 0.15) is 11.8 Å². The average Bonchev–Trinajstić information content (AvgIpc) is 2.98. The molecule has 0 saturated heterocycles. The van der Waals surface area contributed by atoms with Crippen LogP contribution in [0.15, 0.2) is 41.0 Å². The Bertz CT molecular complexity index is 705. The Balaban J connectivity index is 1.99. The molecule has 0 spiro atoms. The van der Waals surface area contributed by atoms with Gasteiger partial charge >= 0.3 is 11.8 Å². The van der Waals surface area contributed by atoms with Crippen LogP contribution in [0.2, 0.25) is 5.02 Å². The third-order valence-electron chi connectivity index (χ3n) is 2.56. The van der Waals surface area contributed by atoms with Gasteiger partial charge in [-0.25, -0.2) is 0 Å². The summed E-state index contributed by atoms with van der Waals surface area (Å²) in [5, 5.41) is 14.0. The number of benzene rings is 1. The lowest BCUT2D eigenvalue weighted by molar-refractivity contribution is -0.136. The van der Waals surface area contributed by atoms with Crippen molar-refractivity contribution in [3.63, 3.8) is 0 Å². The molecule has 7 heteroatoms. The van der Waals surface area contributed by atoms with E-state index < -0.39 is 11.8 Å². The molecular weight excluding hydrogens is 294 g/mol. The molecule has 0 fully saturated rings. The van der Waals surface area contributed by atoms with Crippen molar-refractivity contribution in [3.8, 4) is 6.07 Å². The van der Waals surface area contributed by atoms with E-state index in [-0.39, 0.29) is 17.8 Å². The van der Waals surface area contributed by atoms with Crippen molar-refractivity contribution in [1.82, 2.24) is 5.32 Å². The van der Waals surface area contributed by atoms with E-state index in [0.29, 0.717) is 10.8 Å². The number of carbonyl (C=O) groups excluding carboxylic acids is 2. The Labute approximate surface area is 125 Å². The molecule has 2 N–H and O–H groups in total. The second kappa shape index (κ2) is 6.59. The maximum absolute atomic E-state index is 11.7. The molecule has 0 radical (unpaired) electrons. The zero-order valence-electron chi connectivity index (χ0n) is 10.7. The van der Waals surface area contributed by atoms with Crippen LogP contribution in [0.3, 0.4) is 0 Å². The number of anilines is 1. The molecule has 6 nitrogen and oxygen atoms in total. The summed E-state index contributed by atoms with van der Waals surface area (Å²) in [6.07, 6.45) is 1.47. The highest BCUT2D eigenvalue weighted by Gasteiger charge is 2.15. The van der Waals surface area contributed by atoms with Crippen LogP contribution in [-0.2, 0) is 16.1 Å². The first-order chi connectivity index (χ1) is 10.1. The molecule has 2 rings (SSSR count). The number of hydrogen-bond acceptors (Lipinski definition) is 4. The number of halogens is 1. The third kappa shape index (κ3) is 3.84. The van der Waals surface area contributed by atoms with E-state index in [0.717, 1.165) is 0 Å². The van der Waals surface area contributed by atoms with Crippen molar-refractivity contribution in [2.75, 3.05) is 5.32 Å². The lowest BCUT2D eigenvalue weighted by Gasteiger charge is -2.07. The second-order valence-corrected chi connectivity index (χ2v) is 4.45. The van der Waals surface area contributed by atoms with Crippen molar-refractivity contribution >= 4 is 29.1 Å². The first kappa shape index (κ1) is 14.6. The maximum Gasteiger partial charge on any atom is 0.313 e. The minimum absolute atomic E-state index is 0.0971. The topological polar surface area (TPSA) is 95.1 Å². The fraction of sp³-hybridized carbons (Fsp3) is 0.0714. The van der Waals surface area contributed by atoms with Crippen LogP contribution < -0.4 is 10.6 Å². The molecule has 1 aromatic heterocycles. The van der Waals surface area contributed by atoms with E-state index in [9.17, 15) is 9.59 Å². The van der Waals surface area contributed by atoms with Gasteiger partial charge in [-0.1, -0.05) is 11.6 Å². The molecule has 2 aromatic rings. The number of carbonyl (C=O) groups is 2. The summed E-state index contributed by atoms with van der Waals surface area (Å²) in [4.78, 5) is 23.4. The SMILES string of the molecule is N#Cc1ccc(Cl)cc1NC(=O)C(=O)NCc1ccco1. The van der Waals surface area contributed by atoms with E-state index in [4.69, 9.17) is 21.3 Å². The molecule has 106 valence electrons. The summed E-state index contributed by atoms with van der Waals surface area (Å²) < 4.78 is 5.03. The highest BCUT2D eigenvalue weighted by atomic mass is 35.5. The number of nitriles is 1. The van der Waals surface area contributed by atoms with E-state index in [2.05, 4.69) is 10.6 Å². The molecule has 0 unspecified atom stereocenters. The highest BCUT2D eigenvalue weighted by molar-refractivity contribution is 6.40. The number of furan rings is 1. The Kier molecular flexibility index (Phi) is 4.59. The van der Waals surface area contributed by atoms with Crippen molar-refractivity contribution in [2.24, 2.45) is 0 Å². The molecule has 2 amide bonds. The number of nitrogens with one attached hydrogen (secondary N) is 2. The van der Waals surface area contributed by atoms with E-state index in [1.165, 1.54) is 24.5 Å². The number of nitrogens with zero attached hydrogens (tertiary/aromatic N) is 1. The Morgan fingerprint density at radius 3 is 2.76 bits per heavy atom. The molecule has 0 aliphatic heterocycles. The van der Waals surface area contributed by atoms with Gasteiger partial charge in [-0.2, -0.15) is 5.26 Å². The van der Waals surface area contributed by atoms with Gasteiger partial charge in [0, 0.05) is 5.02 Å². The van der Waals surface area contributed by atoms with E-state index >= 15 is 0 Å². The zero-order valence-corrected chi connectivity index (χ0v) is 11.5. The molecule has 0 atom stereocenters. The predicted octanol–water partition coefficient (Wildman–Crippen LogP) is 2.06. The van der Waals surface area contributed by atoms with Crippen LogP contribution in [0.4, 0.5) is 5.69 Å². The summed E-state index contributed by atoms with van der Waals surface area (Å²) in [6.45, 7) is 0.0971. The maximum atomic E-state index is 11.7. The van der Waals surface area contributed by atoms with Crippen LogP contribution in [0, 0.1) is 11.3 Å². The van der Waals surface area contributed by atoms with Crippen LogP contribution in [0.25, 0.3) is 0 Å². The highest BCUT2D eigenvalue weighted by Crippen LogP contribution is 2.20. The Morgan fingerprint density at radius 2 is 2.10 bits per heavy atom. The molecule has 1 heterocycles. The van der Waals surface area contributed by atoms with Gasteiger partial charge in [-0.05, 0) is 30.3 Å². The molecule has 1 aromatic carbocycles. The normalized spacial score (nSPS) is 9.71. The van der Waals surface area contributed by atoms with Crippen molar-refractivity contribution in [2.45, 2.75) is 6.54 Å². The van der Waals surface area contributed by atoms with Crippen LogP contribution in [-0.4, -0.2) is 11.8 Å². The minimum atomic E-state index is -0.889. The average molecular weight is 304 g/mol. The second-order valence-electron chi connectivity index (χ2n) is 4.02. The van der Waals surface area contributed by atoms with Crippen LogP contribution >= 0.6 is 11.6 Å². The largest absolute Gasteiger partial charge is 0.467 e. The van der Waals surface area contributed by atoms with Gasteiger partial charge < -0.3 is 15.1 Å². The van der Waals surface area contributed by atoms with Crippen molar-refractivity contribution < 1.29 is 14.0 Å². The monoisotopic (exact) mass is 303 g/mol. The molecule has 0 saturated carbocycles. The van der Waals surface area contributed by atoms with E-state index in [1.54, 1.807) is 12.1 Å². The van der Waals surface area contributed by atoms with Gasteiger partial charge in [0.15, 0.2) is 0 Å².